The number of carbonyl (C=O) groups is 1. The normalized spacial score (nSPS) is 15.7. The van der Waals surface area contributed by atoms with Crippen molar-refractivity contribution in [1.82, 2.24) is 4.90 Å². The fourth-order valence-corrected chi connectivity index (χ4v) is 3.16. The van der Waals surface area contributed by atoms with Gasteiger partial charge in [0.2, 0.25) is 0 Å². The van der Waals surface area contributed by atoms with Gasteiger partial charge in [-0.2, -0.15) is 0 Å². The minimum absolute atomic E-state index is 0.0169. The van der Waals surface area contributed by atoms with Crippen molar-refractivity contribution in [3.05, 3.63) is 57.6 Å². The highest BCUT2D eigenvalue weighted by Gasteiger charge is 2.32. The number of β-amino-alcohol motifs (C(OH)–C–C–N with tert-alkyl or cyclic N) is 1. The van der Waals surface area contributed by atoms with Crippen LogP contribution in [0.1, 0.15) is 17.2 Å². The van der Waals surface area contributed by atoms with Gasteiger partial charge in [0.15, 0.2) is 0 Å². The average Bonchev–Trinajstić information content (AvgIpc) is 2.67. The summed E-state index contributed by atoms with van der Waals surface area (Å²) in [6, 6.07) is 8.72. The molecule has 2 amide bonds. The van der Waals surface area contributed by atoms with Gasteiger partial charge in [-0.05, 0) is 18.2 Å². The number of aliphatic hydroxyl groups is 1. The lowest BCUT2D eigenvalue weighted by Crippen LogP contribution is -2.41. The quantitative estimate of drug-likeness (QED) is 0.629. The highest BCUT2D eigenvalue weighted by atomic mass is 16.6. The predicted molar refractivity (Wildman–Crippen MR) is 97.0 cm³/mol. The molecule has 3 rings (SSSR count). The standard InChI is InChI=1S/C18H19N3O6/c1-26-15-7-8-16(27-2)17-11(15)9-20(10-14(17)22)18(23)19-12-5-3-4-6-13(12)21(24)25/h3-8,14,22H,9-10H2,1-2H3,(H,19,23). The van der Waals surface area contributed by atoms with Crippen LogP contribution in [0.15, 0.2) is 36.4 Å². The Hall–Kier alpha value is -3.33. The lowest BCUT2D eigenvalue weighted by molar-refractivity contribution is -0.383. The van der Waals surface area contributed by atoms with Gasteiger partial charge in [0, 0.05) is 17.2 Å². The molecule has 1 heterocycles. The lowest BCUT2D eigenvalue weighted by atomic mass is 9.95. The first kappa shape index (κ1) is 18.5. The molecule has 2 aromatic rings. The molecule has 1 atom stereocenters. The maximum absolute atomic E-state index is 12.7. The third-order valence-electron chi connectivity index (χ3n) is 4.42. The van der Waals surface area contributed by atoms with Crippen molar-refractivity contribution in [3.63, 3.8) is 0 Å². The van der Waals surface area contributed by atoms with E-state index in [0.29, 0.717) is 22.6 Å². The van der Waals surface area contributed by atoms with Gasteiger partial charge >= 0.3 is 6.03 Å². The number of benzene rings is 2. The van der Waals surface area contributed by atoms with Crippen LogP contribution in [0.4, 0.5) is 16.2 Å². The molecule has 0 saturated carbocycles. The summed E-state index contributed by atoms with van der Waals surface area (Å²) in [6.07, 6.45) is -0.977. The highest BCUT2D eigenvalue weighted by molar-refractivity contribution is 5.92. The molecule has 27 heavy (non-hydrogen) atoms. The molecule has 1 aliphatic heterocycles. The number of fused-ring (bicyclic) bond motifs is 1. The first-order valence-electron chi connectivity index (χ1n) is 8.17. The molecule has 0 bridgehead atoms. The molecule has 1 aliphatic rings. The predicted octanol–water partition coefficient (Wildman–Crippen LogP) is 2.69. The molecule has 2 aromatic carbocycles. The summed E-state index contributed by atoms with van der Waals surface area (Å²) in [5.74, 6) is 1.03. The zero-order valence-electron chi connectivity index (χ0n) is 14.8. The minimum Gasteiger partial charge on any atom is -0.496 e. The second-order valence-corrected chi connectivity index (χ2v) is 5.96. The smallest absolute Gasteiger partial charge is 0.322 e. The Kier molecular flexibility index (Phi) is 5.13. The topological polar surface area (TPSA) is 114 Å². The third kappa shape index (κ3) is 3.49. The maximum atomic E-state index is 12.7. The Labute approximate surface area is 155 Å². The van der Waals surface area contributed by atoms with E-state index < -0.39 is 17.1 Å². The Morgan fingerprint density at radius 1 is 1.22 bits per heavy atom. The number of nitrogens with zero attached hydrogens (tertiary/aromatic N) is 2. The van der Waals surface area contributed by atoms with E-state index in [4.69, 9.17) is 9.47 Å². The monoisotopic (exact) mass is 373 g/mol. The van der Waals surface area contributed by atoms with E-state index in [-0.39, 0.29) is 24.5 Å². The maximum Gasteiger partial charge on any atom is 0.322 e. The zero-order chi connectivity index (χ0) is 19.6. The Balaban J connectivity index is 1.89. The summed E-state index contributed by atoms with van der Waals surface area (Å²) >= 11 is 0. The molecule has 0 aliphatic carbocycles. The van der Waals surface area contributed by atoms with Gasteiger partial charge in [0.25, 0.3) is 5.69 Å². The molecule has 0 aromatic heterocycles. The molecule has 2 N–H and O–H groups in total. The van der Waals surface area contributed by atoms with Crippen LogP contribution in [0.2, 0.25) is 0 Å². The fraction of sp³-hybridized carbons (Fsp3) is 0.278. The van der Waals surface area contributed by atoms with E-state index in [9.17, 15) is 20.0 Å². The van der Waals surface area contributed by atoms with E-state index in [0.717, 1.165) is 0 Å². The van der Waals surface area contributed by atoms with Crippen molar-refractivity contribution < 1.29 is 24.3 Å². The summed E-state index contributed by atoms with van der Waals surface area (Å²) in [5, 5.41) is 24.2. The summed E-state index contributed by atoms with van der Waals surface area (Å²) < 4.78 is 10.6. The fourth-order valence-electron chi connectivity index (χ4n) is 3.16. The number of nitro benzene ring substituents is 1. The first-order chi connectivity index (χ1) is 13.0. The van der Waals surface area contributed by atoms with Gasteiger partial charge in [-0.25, -0.2) is 4.79 Å². The number of ether oxygens (including phenoxy) is 2. The number of urea groups is 1. The van der Waals surface area contributed by atoms with Gasteiger partial charge in [0.1, 0.15) is 23.3 Å². The highest BCUT2D eigenvalue weighted by Crippen LogP contribution is 2.39. The Morgan fingerprint density at radius 2 is 1.89 bits per heavy atom. The van der Waals surface area contributed by atoms with Crippen molar-refractivity contribution in [2.24, 2.45) is 0 Å². The van der Waals surface area contributed by atoms with Crippen molar-refractivity contribution in [2.45, 2.75) is 12.6 Å². The summed E-state index contributed by atoms with van der Waals surface area (Å²) in [4.78, 5) is 24.6. The van der Waals surface area contributed by atoms with Crippen molar-refractivity contribution >= 4 is 17.4 Å². The van der Waals surface area contributed by atoms with E-state index in [1.807, 2.05) is 0 Å². The lowest BCUT2D eigenvalue weighted by Gasteiger charge is -2.33. The Bertz CT molecular complexity index is 885. The Morgan fingerprint density at radius 3 is 2.56 bits per heavy atom. The van der Waals surface area contributed by atoms with Crippen molar-refractivity contribution in [3.8, 4) is 11.5 Å². The molecule has 0 fully saturated rings. The molecular weight excluding hydrogens is 354 g/mol. The molecule has 0 spiro atoms. The van der Waals surface area contributed by atoms with Gasteiger partial charge in [-0.1, -0.05) is 12.1 Å². The van der Waals surface area contributed by atoms with Crippen LogP contribution in [-0.4, -0.2) is 41.7 Å². The van der Waals surface area contributed by atoms with Gasteiger partial charge < -0.3 is 24.8 Å². The number of amides is 2. The second kappa shape index (κ2) is 7.50. The molecule has 0 saturated heterocycles. The number of hydrogen-bond donors (Lipinski definition) is 2. The zero-order valence-corrected chi connectivity index (χ0v) is 14.8. The number of rotatable bonds is 4. The SMILES string of the molecule is COc1ccc(OC)c2c1CN(C(=O)Nc1ccccc1[N+](=O)[O-])CC2O. The van der Waals surface area contributed by atoms with Crippen molar-refractivity contribution in [2.75, 3.05) is 26.1 Å². The first-order valence-corrected chi connectivity index (χ1v) is 8.17. The van der Waals surface area contributed by atoms with E-state index in [2.05, 4.69) is 5.32 Å². The summed E-state index contributed by atoms with van der Waals surface area (Å²) in [6.45, 7) is 0.183. The second-order valence-electron chi connectivity index (χ2n) is 5.96. The van der Waals surface area contributed by atoms with E-state index >= 15 is 0 Å². The number of hydrogen-bond acceptors (Lipinski definition) is 6. The molecule has 142 valence electrons. The number of methoxy groups -OCH3 is 2. The number of nitro groups is 1. The van der Waals surface area contributed by atoms with Gasteiger partial charge in [-0.3, -0.25) is 10.1 Å². The van der Waals surface area contributed by atoms with Gasteiger partial charge in [0.05, 0.1) is 32.2 Å². The number of para-hydroxylation sites is 2. The van der Waals surface area contributed by atoms with E-state index in [1.54, 1.807) is 18.2 Å². The largest absolute Gasteiger partial charge is 0.496 e. The number of carbonyl (C=O) groups excluding carboxylic acids is 1. The van der Waals surface area contributed by atoms with Crippen molar-refractivity contribution in [1.29, 1.82) is 0 Å². The van der Waals surface area contributed by atoms with Crippen LogP contribution in [0.5, 0.6) is 11.5 Å². The third-order valence-corrected chi connectivity index (χ3v) is 4.42. The minimum atomic E-state index is -0.977. The number of aliphatic hydroxyl groups excluding tert-OH is 1. The number of anilines is 1. The average molecular weight is 373 g/mol. The van der Waals surface area contributed by atoms with Crippen LogP contribution < -0.4 is 14.8 Å². The molecule has 9 heteroatoms. The van der Waals surface area contributed by atoms with E-state index in [1.165, 1.54) is 37.3 Å². The molecular formula is C18H19N3O6. The molecule has 9 nitrogen and oxygen atoms in total. The van der Waals surface area contributed by atoms with Crippen LogP contribution in [0.25, 0.3) is 0 Å². The summed E-state index contributed by atoms with van der Waals surface area (Å²) in [7, 11) is 3.00. The molecule has 0 radical (unpaired) electrons. The molecule has 1 unspecified atom stereocenters. The van der Waals surface area contributed by atoms with Crippen LogP contribution in [0.3, 0.4) is 0 Å². The number of nitrogens with one attached hydrogen (secondary N) is 1. The van der Waals surface area contributed by atoms with Crippen LogP contribution in [0, 0.1) is 10.1 Å². The van der Waals surface area contributed by atoms with Gasteiger partial charge in [-0.15, -0.1) is 0 Å². The van der Waals surface area contributed by atoms with Crippen LogP contribution in [-0.2, 0) is 6.54 Å². The van der Waals surface area contributed by atoms with Crippen LogP contribution >= 0.6 is 0 Å². The summed E-state index contributed by atoms with van der Waals surface area (Å²) in [5.41, 5.74) is 1.09.